The highest BCUT2D eigenvalue weighted by Crippen LogP contribution is 1.82. The van der Waals surface area contributed by atoms with E-state index in [2.05, 4.69) is 5.32 Å². The van der Waals surface area contributed by atoms with E-state index in [1.54, 1.807) is 6.92 Å². The molecule has 0 radical (unpaired) electrons. The number of carbonyl (C=O) groups excluding carboxylic acids is 1. The van der Waals surface area contributed by atoms with E-state index in [0.29, 0.717) is 0 Å². The van der Waals surface area contributed by atoms with Gasteiger partial charge in [0.2, 0.25) is 5.91 Å². The summed E-state index contributed by atoms with van der Waals surface area (Å²) in [7, 11) is 0. The first-order valence-electron chi connectivity index (χ1n) is 2.75. The van der Waals surface area contributed by atoms with Gasteiger partial charge in [-0.3, -0.25) is 4.79 Å². The lowest BCUT2D eigenvalue weighted by Gasteiger charge is -2.14. The van der Waals surface area contributed by atoms with Crippen molar-refractivity contribution in [2.75, 3.05) is 0 Å². The Kier molecular flexibility index (Phi) is 3.19. The molecule has 0 heterocycles. The Hall–Kier alpha value is -0.610. The zero-order chi connectivity index (χ0) is 7.44. The van der Waals surface area contributed by atoms with Gasteiger partial charge in [-0.1, -0.05) is 0 Å². The van der Waals surface area contributed by atoms with Gasteiger partial charge < -0.3 is 16.2 Å². The Balaban J connectivity index is 3.50. The zero-order valence-corrected chi connectivity index (χ0v) is 5.59. The maximum Gasteiger partial charge on any atom is 0.217 e. The minimum absolute atomic E-state index is 0.188. The highest BCUT2D eigenvalue weighted by molar-refractivity contribution is 5.73. The minimum atomic E-state index is -0.978. The molecule has 0 aliphatic carbocycles. The number of rotatable bonds is 2. The third-order valence-electron chi connectivity index (χ3n) is 0.943. The molecule has 0 aliphatic heterocycles. The van der Waals surface area contributed by atoms with Crippen LogP contribution in [0.1, 0.15) is 13.8 Å². The average molecular weight is 132 g/mol. The van der Waals surface area contributed by atoms with E-state index in [1.807, 2.05) is 0 Å². The zero-order valence-electron chi connectivity index (χ0n) is 5.59. The number of amides is 1. The first-order valence-corrected chi connectivity index (χ1v) is 2.75. The summed E-state index contributed by atoms with van der Waals surface area (Å²) in [6, 6.07) is -0.373. The van der Waals surface area contributed by atoms with E-state index in [1.165, 1.54) is 6.92 Å². The number of aliphatic hydroxyl groups is 1. The Labute approximate surface area is 54.0 Å². The van der Waals surface area contributed by atoms with Gasteiger partial charge in [-0.15, -0.1) is 0 Å². The quantitative estimate of drug-likeness (QED) is 0.412. The summed E-state index contributed by atoms with van der Waals surface area (Å²) in [5.41, 5.74) is 5.03. The van der Waals surface area contributed by atoms with Gasteiger partial charge in [-0.2, -0.15) is 0 Å². The van der Waals surface area contributed by atoms with Crippen molar-refractivity contribution in [1.82, 2.24) is 5.32 Å². The van der Waals surface area contributed by atoms with Crippen LogP contribution in [0.2, 0.25) is 0 Å². The summed E-state index contributed by atoms with van der Waals surface area (Å²) in [6.45, 7) is 3.00. The second-order valence-electron chi connectivity index (χ2n) is 1.98. The van der Waals surface area contributed by atoms with Crippen molar-refractivity contribution >= 4 is 5.91 Å². The van der Waals surface area contributed by atoms with Crippen molar-refractivity contribution in [3.8, 4) is 0 Å². The molecule has 2 atom stereocenters. The van der Waals surface area contributed by atoms with E-state index < -0.39 is 6.23 Å². The fraction of sp³-hybridized carbons (Fsp3) is 0.800. The third kappa shape index (κ3) is 3.93. The van der Waals surface area contributed by atoms with Gasteiger partial charge >= 0.3 is 0 Å². The minimum Gasteiger partial charge on any atom is -0.377 e. The Morgan fingerprint density at radius 2 is 2.22 bits per heavy atom. The smallest absolute Gasteiger partial charge is 0.217 e. The lowest BCUT2D eigenvalue weighted by molar-refractivity contribution is -0.120. The molecule has 9 heavy (non-hydrogen) atoms. The SMILES string of the molecule is CC(=O)NC(C)C(N)O. The van der Waals surface area contributed by atoms with E-state index in [-0.39, 0.29) is 11.9 Å². The highest BCUT2D eigenvalue weighted by atomic mass is 16.3. The fourth-order valence-electron chi connectivity index (χ4n) is 0.406. The molecule has 1 amide bonds. The third-order valence-corrected chi connectivity index (χ3v) is 0.943. The lowest BCUT2D eigenvalue weighted by Crippen LogP contribution is -2.44. The van der Waals surface area contributed by atoms with Gasteiger partial charge in [0.05, 0.1) is 6.04 Å². The topological polar surface area (TPSA) is 75.4 Å². The molecule has 54 valence electrons. The second kappa shape index (κ2) is 3.42. The number of hydrogen-bond donors (Lipinski definition) is 3. The molecular weight excluding hydrogens is 120 g/mol. The predicted molar refractivity (Wildman–Crippen MR) is 33.5 cm³/mol. The number of nitrogens with two attached hydrogens (primary N) is 1. The van der Waals surface area contributed by atoms with Crippen molar-refractivity contribution in [1.29, 1.82) is 0 Å². The lowest BCUT2D eigenvalue weighted by atomic mass is 10.3. The van der Waals surface area contributed by atoms with Crippen molar-refractivity contribution < 1.29 is 9.90 Å². The summed E-state index contributed by atoms with van der Waals surface area (Å²) >= 11 is 0. The van der Waals surface area contributed by atoms with E-state index in [4.69, 9.17) is 10.8 Å². The van der Waals surface area contributed by atoms with Gasteiger partial charge in [0, 0.05) is 6.92 Å². The van der Waals surface area contributed by atoms with Crippen LogP contribution >= 0.6 is 0 Å². The highest BCUT2D eigenvalue weighted by Gasteiger charge is 2.08. The summed E-state index contributed by atoms with van der Waals surface area (Å²) in [6.07, 6.45) is -0.978. The monoisotopic (exact) mass is 132 g/mol. The number of hydrogen-bond acceptors (Lipinski definition) is 3. The maximum atomic E-state index is 10.3. The molecule has 4 nitrogen and oxygen atoms in total. The molecule has 0 bridgehead atoms. The molecule has 0 rings (SSSR count). The van der Waals surface area contributed by atoms with Crippen LogP contribution in [0, 0.1) is 0 Å². The molecule has 2 unspecified atom stereocenters. The molecule has 0 fully saturated rings. The van der Waals surface area contributed by atoms with Crippen LogP contribution in [0.3, 0.4) is 0 Å². The summed E-state index contributed by atoms with van der Waals surface area (Å²) < 4.78 is 0. The molecule has 0 spiro atoms. The van der Waals surface area contributed by atoms with Gasteiger partial charge in [0.1, 0.15) is 6.23 Å². The van der Waals surface area contributed by atoms with Crippen LogP contribution < -0.4 is 11.1 Å². The summed E-state index contributed by atoms with van der Waals surface area (Å²) in [5.74, 6) is -0.188. The summed E-state index contributed by atoms with van der Waals surface area (Å²) in [5, 5.41) is 11.1. The molecule has 0 saturated carbocycles. The van der Waals surface area contributed by atoms with E-state index in [0.717, 1.165) is 0 Å². The molecule has 0 aromatic heterocycles. The Morgan fingerprint density at radius 1 is 1.78 bits per heavy atom. The van der Waals surface area contributed by atoms with Crippen LogP contribution in [0.25, 0.3) is 0 Å². The van der Waals surface area contributed by atoms with Crippen molar-refractivity contribution in [3.05, 3.63) is 0 Å². The maximum absolute atomic E-state index is 10.3. The van der Waals surface area contributed by atoms with Crippen molar-refractivity contribution in [2.24, 2.45) is 5.73 Å². The standard InChI is InChI=1S/C5H12N2O2/c1-3(5(6)9)7-4(2)8/h3,5,9H,6H2,1-2H3,(H,7,8). The largest absolute Gasteiger partial charge is 0.377 e. The van der Waals surface area contributed by atoms with E-state index >= 15 is 0 Å². The van der Waals surface area contributed by atoms with Crippen LogP contribution in [0.5, 0.6) is 0 Å². The number of nitrogens with one attached hydrogen (secondary N) is 1. The van der Waals surface area contributed by atoms with Crippen LogP contribution in [0.4, 0.5) is 0 Å². The summed E-state index contributed by atoms with van der Waals surface area (Å²) in [4.78, 5) is 10.3. The van der Waals surface area contributed by atoms with Gasteiger partial charge in [0.15, 0.2) is 0 Å². The molecule has 0 aliphatic rings. The van der Waals surface area contributed by atoms with Gasteiger partial charge in [-0.05, 0) is 6.92 Å². The Morgan fingerprint density at radius 3 is 2.33 bits per heavy atom. The van der Waals surface area contributed by atoms with Crippen molar-refractivity contribution in [3.63, 3.8) is 0 Å². The van der Waals surface area contributed by atoms with Crippen molar-refractivity contribution in [2.45, 2.75) is 26.1 Å². The number of aliphatic hydroxyl groups excluding tert-OH is 1. The molecule has 0 aromatic carbocycles. The predicted octanol–water partition coefficient (Wildman–Crippen LogP) is -1.21. The first kappa shape index (κ1) is 8.39. The van der Waals surface area contributed by atoms with E-state index in [9.17, 15) is 4.79 Å². The second-order valence-corrected chi connectivity index (χ2v) is 1.98. The van der Waals surface area contributed by atoms with Gasteiger partial charge in [0.25, 0.3) is 0 Å². The molecule has 4 heteroatoms. The molecule has 4 N–H and O–H groups in total. The van der Waals surface area contributed by atoms with Gasteiger partial charge in [-0.25, -0.2) is 0 Å². The van der Waals surface area contributed by atoms with Crippen LogP contribution in [-0.2, 0) is 4.79 Å². The average Bonchev–Trinajstić information content (AvgIpc) is 1.63. The Bertz CT molecular complexity index is 103. The first-order chi connectivity index (χ1) is 4.04. The normalized spacial score (nSPS) is 16.4. The molecular formula is C5H12N2O2. The van der Waals surface area contributed by atoms with Crippen LogP contribution in [0.15, 0.2) is 0 Å². The molecule has 0 saturated heterocycles. The molecule has 0 aromatic rings. The number of carbonyl (C=O) groups is 1. The van der Waals surface area contributed by atoms with Crippen LogP contribution in [-0.4, -0.2) is 23.3 Å². The fourth-order valence-corrected chi connectivity index (χ4v) is 0.406.